The van der Waals surface area contributed by atoms with Gasteiger partial charge in [0.25, 0.3) is 5.22 Å². The lowest BCUT2D eigenvalue weighted by Crippen LogP contribution is -2.15. The molecule has 0 bridgehead atoms. The molecule has 0 aliphatic rings. The first kappa shape index (κ1) is 11.3. The molecule has 9 heteroatoms. The number of hydrogen-bond donors (Lipinski definition) is 2. The number of hydrogen-bond acceptors (Lipinski definition) is 8. The molecule has 2 aromatic rings. The molecule has 0 atom stereocenters. The largest absolute Gasteiger partial charge is 0.416 e. The topological polar surface area (TPSA) is 123 Å². The Hall–Kier alpha value is -2.16. The Morgan fingerprint density at radius 2 is 2.24 bits per heavy atom. The first-order valence-electron chi connectivity index (χ1n) is 4.47. The van der Waals surface area contributed by atoms with Crippen LogP contribution >= 0.6 is 11.8 Å². The molecule has 0 spiro atoms. The maximum Gasteiger partial charge on any atom is 0.282 e. The van der Waals surface area contributed by atoms with Crippen molar-refractivity contribution < 1.29 is 9.62 Å². The highest BCUT2D eigenvalue weighted by atomic mass is 32.2. The minimum atomic E-state index is -0.0947. The van der Waals surface area contributed by atoms with Crippen LogP contribution in [0.25, 0.3) is 0 Å². The molecule has 0 unspecified atom stereocenters. The minimum Gasteiger partial charge on any atom is -0.416 e. The number of aryl methyl sites for hydroxylation is 1. The monoisotopic (exact) mass is 252 g/mol. The van der Waals surface area contributed by atoms with Crippen molar-refractivity contribution in [2.75, 3.05) is 0 Å². The van der Waals surface area contributed by atoms with E-state index >= 15 is 0 Å². The van der Waals surface area contributed by atoms with Crippen LogP contribution in [0.3, 0.4) is 0 Å². The zero-order valence-electron chi connectivity index (χ0n) is 8.73. The SMILES string of the molecule is Cc1nnc(Sc2cnc(C(N)=NO)cn2)o1. The summed E-state index contributed by atoms with van der Waals surface area (Å²) in [6.07, 6.45) is 2.86. The second-order valence-corrected chi connectivity index (χ2v) is 3.89. The van der Waals surface area contributed by atoms with Gasteiger partial charge >= 0.3 is 0 Å². The van der Waals surface area contributed by atoms with Gasteiger partial charge in [-0.25, -0.2) is 9.97 Å². The van der Waals surface area contributed by atoms with Gasteiger partial charge in [-0.3, -0.25) is 0 Å². The van der Waals surface area contributed by atoms with Gasteiger partial charge in [0, 0.05) is 6.92 Å². The average molecular weight is 252 g/mol. The normalized spacial score (nSPS) is 11.7. The summed E-state index contributed by atoms with van der Waals surface area (Å²) in [6, 6.07) is 0. The molecular weight excluding hydrogens is 244 g/mol. The third-order valence-electron chi connectivity index (χ3n) is 1.70. The number of nitrogens with zero attached hydrogens (tertiary/aromatic N) is 5. The van der Waals surface area contributed by atoms with Crippen molar-refractivity contribution in [3.8, 4) is 0 Å². The van der Waals surface area contributed by atoms with Crippen LogP contribution in [0.5, 0.6) is 0 Å². The van der Waals surface area contributed by atoms with Crippen LogP contribution in [0.15, 0.2) is 32.2 Å². The van der Waals surface area contributed by atoms with Crippen molar-refractivity contribution in [1.29, 1.82) is 0 Å². The molecular formula is C8H8N6O2S. The highest BCUT2D eigenvalue weighted by molar-refractivity contribution is 7.99. The summed E-state index contributed by atoms with van der Waals surface area (Å²) in [7, 11) is 0. The number of aromatic nitrogens is 4. The van der Waals surface area contributed by atoms with Crippen molar-refractivity contribution in [2.45, 2.75) is 17.2 Å². The maximum absolute atomic E-state index is 8.45. The van der Waals surface area contributed by atoms with E-state index in [1.165, 1.54) is 24.2 Å². The van der Waals surface area contributed by atoms with Crippen molar-refractivity contribution in [1.82, 2.24) is 20.2 Å². The van der Waals surface area contributed by atoms with Crippen LogP contribution in [0.2, 0.25) is 0 Å². The van der Waals surface area contributed by atoms with Crippen molar-refractivity contribution >= 4 is 17.6 Å². The summed E-state index contributed by atoms with van der Waals surface area (Å²) in [5.41, 5.74) is 5.64. The molecule has 0 aromatic carbocycles. The maximum atomic E-state index is 8.45. The summed E-state index contributed by atoms with van der Waals surface area (Å²) >= 11 is 1.18. The molecule has 0 saturated heterocycles. The van der Waals surface area contributed by atoms with Crippen molar-refractivity contribution in [3.63, 3.8) is 0 Å². The quantitative estimate of drug-likeness (QED) is 0.348. The van der Waals surface area contributed by atoms with E-state index in [1.807, 2.05) is 0 Å². The Morgan fingerprint density at radius 1 is 1.41 bits per heavy atom. The van der Waals surface area contributed by atoms with E-state index < -0.39 is 0 Å². The highest BCUT2D eigenvalue weighted by Crippen LogP contribution is 2.23. The third-order valence-corrected chi connectivity index (χ3v) is 2.46. The van der Waals surface area contributed by atoms with Crippen LogP contribution in [0.4, 0.5) is 0 Å². The lowest BCUT2D eigenvalue weighted by atomic mass is 10.4. The van der Waals surface area contributed by atoms with Crippen LogP contribution in [0.1, 0.15) is 11.6 Å². The molecule has 2 heterocycles. The van der Waals surface area contributed by atoms with Gasteiger partial charge in [-0.15, -0.1) is 10.2 Å². The zero-order chi connectivity index (χ0) is 12.3. The fourth-order valence-corrected chi connectivity index (χ4v) is 1.60. The van der Waals surface area contributed by atoms with E-state index in [0.29, 0.717) is 21.8 Å². The molecule has 17 heavy (non-hydrogen) atoms. The average Bonchev–Trinajstić information content (AvgIpc) is 2.75. The highest BCUT2D eigenvalue weighted by Gasteiger charge is 2.07. The standard InChI is InChI=1S/C8H8N6O2S/c1-4-12-13-8(16-4)17-6-3-10-5(2-11-6)7(9)14-15/h2-3,15H,1H3,(H2,9,14). The summed E-state index contributed by atoms with van der Waals surface area (Å²) in [4.78, 5) is 8.02. The second-order valence-electron chi connectivity index (χ2n) is 2.91. The van der Waals surface area contributed by atoms with Gasteiger partial charge in [0.1, 0.15) is 10.7 Å². The molecule has 2 rings (SSSR count). The summed E-state index contributed by atoms with van der Waals surface area (Å²) in [5, 5.41) is 19.7. The molecule has 0 fully saturated rings. The minimum absolute atomic E-state index is 0.0947. The van der Waals surface area contributed by atoms with E-state index in [2.05, 4.69) is 25.3 Å². The van der Waals surface area contributed by atoms with Crippen LogP contribution in [0, 0.1) is 6.92 Å². The Labute approximate surface area is 100.0 Å². The molecule has 3 N–H and O–H groups in total. The second kappa shape index (κ2) is 4.78. The van der Waals surface area contributed by atoms with E-state index in [1.54, 1.807) is 6.92 Å². The molecule has 2 aromatic heterocycles. The van der Waals surface area contributed by atoms with E-state index in [-0.39, 0.29) is 5.84 Å². The fraction of sp³-hybridized carbons (Fsp3) is 0.125. The van der Waals surface area contributed by atoms with E-state index in [9.17, 15) is 0 Å². The predicted octanol–water partition coefficient (Wildman–Crippen LogP) is 0.414. The Kier molecular flexibility index (Phi) is 3.19. The summed E-state index contributed by atoms with van der Waals surface area (Å²) < 4.78 is 5.17. The number of oxime groups is 1. The van der Waals surface area contributed by atoms with E-state index in [0.717, 1.165) is 0 Å². The molecule has 88 valence electrons. The van der Waals surface area contributed by atoms with Gasteiger partial charge in [-0.1, -0.05) is 5.16 Å². The summed E-state index contributed by atoms with van der Waals surface area (Å²) in [6.45, 7) is 1.70. The molecule has 0 aliphatic heterocycles. The Bertz CT molecular complexity index is 537. The van der Waals surface area contributed by atoms with Crippen molar-refractivity contribution in [3.05, 3.63) is 24.0 Å². The predicted molar refractivity (Wildman–Crippen MR) is 57.7 cm³/mol. The van der Waals surface area contributed by atoms with E-state index in [4.69, 9.17) is 15.4 Å². The van der Waals surface area contributed by atoms with Gasteiger partial charge in [0.15, 0.2) is 5.84 Å². The molecule has 0 aliphatic carbocycles. The Morgan fingerprint density at radius 3 is 2.76 bits per heavy atom. The van der Waals surface area contributed by atoms with Gasteiger partial charge in [-0.05, 0) is 11.8 Å². The first-order valence-corrected chi connectivity index (χ1v) is 5.28. The van der Waals surface area contributed by atoms with Gasteiger partial charge in [0.2, 0.25) is 5.89 Å². The zero-order valence-corrected chi connectivity index (χ0v) is 9.55. The van der Waals surface area contributed by atoms with Gasteiger partial charge in [-0.2, -0.15) is 0 Å². The lowest BCUT2D eigenvalue weighted by Gasteiger charge is -1.98. The van der Waals surface area contributed by atoms with Crippen molar-refractivity contribution in [2.24, 2.45) is 10.9 Å². The molecule has 0 radical (unpaired) electrons. The smallest absolute Gasteiger partial charge is 0.282 e. The van der Waals surface area contributed by atoms with Crippen LogP contribution < -0.4 is 5.73 Å². The molecule has 0 saturated carbocycles. The fourth-order valence-electron chi connectivity index (χ4n) is 0.962. The van der Waals surface area contributed by atoms with Gasteiger partial charge < -0.3 is 15.4 Å². The number of rotatable bonds is 3. The first-order chi connectivity index (χ1) is 8.19. The Balaban J connectivity index is 2.13. The van der Waals surface area contributed by atoms with Crippen LogP contribution in [-0.4, -0.2) is 31.2 Å². The molecule has 0 amide bonds. The summed E-state index contributed by atoms with van der Waals surface area (Å²) in [5.74, 6) is 0.386. The lowest BCUT2D eigenvalue weighted by molar-refractivity contribution is 0.318. The van der Waals surface area contributed by atoms with Crippen LogP contribution in [-0.2, 0) is 0 Å². The third kappa shape index (κ3) is 2.69. The number of nitrogens with two attached hydrogens (primary N) is 1. The number of amidine groups is 1. The molecule has 8 nitrogen and oxygen atoms in total. The van der Waals surface area contributed by atoms with Gasteiger partial charge in [0.05, 0.1) is 12.4 Å².